The summed E-state index contributed by atoms with van der Waals surface area (Å²) in [6.07, 6.45) is 1.53. The molecule has 0 aliphatic carbocycles. The number of nitrogens with one attached hydrogen (secondary N) is 1. The van der Waals surface area contributed by atoms with Crippen molar-refractivity contribution in [3.05, 3.63) is 53.7 Å². The lowest BCUT2D eigenvalue weighted by molar-refractivity contribution is 0.416. The standard InChI is InChI=1S/C13H12F2N2O/c1-16-8-9-3-2-6-17-13(9)18-12-7-10(14)4-5-11(12)15/h2-7,16H,8H2,1H3. The minimum Gasteiger partial charge on any atom is -0.436 e. The van der Waals surface area contributed by atoms with Gasteiger partial charge < -0.3 is 10.1 Å². The molecule has 1 N–H and O–H groups in total. The maximum Gasteiger partial charge on any atom is 0.223 e. The van der Waals surface area contributed by atoms with Gasteiger partial charge in [0.15, 0.2) is 11.6 Å². The van der Waals surface area contributed by atoms with Crippen LogP contribution in [-0.2, 0) is 6.54 Å². The van der Waals surface area contributed by atoms with Gasteiger partial charge >= 0.3 is 0 Å². The normalized spacial score (nSPS) is 10.4. The highest BCUT2D eigenvalue weighted by Gasteiger charge is 2.10. The van der Waals surface area contributed by atoms with Crippen LogP contribution in [0.2, 0.25) is 0 Å². The molecule has 0 spiro atoms. The van der Waals surface area contributed by atoms with E-state index in [1.165, 1.54) is 6.20 Å². The topological polar surface area (TPSA) is 34.2 Å². The number of benzene rings is 1. The lowest BCUT2D eigenvalue weighted by Gasteiger charge is -2.10. The van der Waals surface area contributed by atoms with Gasteiger partial charge in [-0.1, -0.05) is 6.07 Å². The summed E-state index contributed by atoms with van der Waals surface area (Å²) in [7, 11) is 1.78. The summed E-state index contributed by atoms with van der Waals surface area (Å²) in [6, 6.07) is 6.60. The zero-order chi connectivity index (χ0) is 13.0. The van der Waals surface area contributed by atoms with Crippen molar-refractivity contribution in [3.8, 4) is 11.6 Å². The molecule has 2 aromatic rings. The third-order valence-corrected chi connectivity index (χ3v) is 2.32. The Kier molecular flexibility index (Phi) is 3.84. The molecule has 0 fully saturated rings. The maximum atomic E-state index is 13.4. The van der Waals surface area contributed by atoms with E-state index < -0.39 is 11.6 Å². The van der Waals surface area contributed by atoms with Crippen LogP contribution in [0.4, 0.5) is 8.78 Å². The second-order valence-electron chi connectivity index (χ2n) is 3.67. The lowest BCUT2D eigenvalue weighted by atomic mass is 10.2. The molecule has 0 unspecified atom stereocenters. The first-order valence-electron chi connectivity index (χ1n) is 5.42. The number of hydrogen-bond acceptors (Lipinski definition) is 3. The lowest BCUT2D eigenvalue weighted by Crippen LogP contribution is -2.07. The van der Waals surface area contributed by atoms with E-state index in [1.54, 1.807) is 19.2 Å². The molecule has 0 amide bonds. The van der Waals surface area contributed by atoms with Gasteiger partial charge in [-0.2, -0.15) is 0 Å². The Bertz CT molecular complexity index is 546. The SMILES string of the molecule is CNCc1cccnc1Oc1cc(F)ccc1F. The Balaban J connectivity index is 2.30. The Labute approximate surface area is 103 Å². The highest BCUT2D eigenvalue weighted by Crippen LogP contribution is 2.26. The molecular formula is C13H12F2N2O. The van der Waals surface area contributed by atoms with Gasteiger partial charge in [-0.3, -0.25) is 0 Å². The van der Waals surface area contributed by atoms with Crippen molar-refractivity contribution in [1.29, 1.82) is 0 Å². The molecule has 3 nitrogen and oxygen atoms in total. The Morgan fingerprint density at radius 1 is 1.28 bits per heavy atom. The highest BCUT2D eigenvalue weighted by molar-refractivity contribution is 5.33. The molecule has 18 heavy (non-hydrogen) atoms. The van der Waals surface area contributed by atoms with Gasteiger partial charge in [-0.25, -0.2) is 13.8 Å². The first kappa shape index (κ1) is 12.4. The zero-order valence-electron chi connectivity index (χ0n) is 9.78. The van der Waals surface area contributed by atoms with Crippen LogP contribution < -0.4 is 10.1 Å². The number of ether oxygens (including phenoxy) is 1. The van der Waals surface area contributed by atoms with Gasteiger partial charge in [0.1, 0.15) is 5.82 Å². The van der Waals surface area contributed by atoms with Gasteiger partial charge in [0.25, 0.3) is 0 Å². The van der Waals surface area contributed by atoms with Crippen LogP contribution in [0, 0.1) is 11.6 Å². The average molecular weight is 250 g/mol. The largest absolute Gasteiger partial charge is 0.436 e. The van der Waals surface area contributed by atoms with E-state index in [9.17, 15) is 8.78 Å². The molecule has 0 aliphatic rings. The fraction of sp³-hybridized carbons (Fsp3) is 0.154. The molecule has 1 aromatic heterocycles. The number of nitrogens with zero attached hydrogens (tertiary/aromatic N) is 1. The molecule has 0 bridgehead atoms. The highest BCUT2D eigenvalue weighted by atomic mass is 19.1. The second-order valence-corrected chi connectivity index (χ2v) is 3.67. The minimum absolute atomic E-state index is 0.175. The van der Waals surface area contributed by atoms with E-state index in [0.29, 0.717) is 6.54 Å². The quantitative estimate of drug-likeness (QED) is 0.906. The van der Waals surface area contributed by atoms with Gasteiger partial charge in [-0.05, 0) is 25.2 Å². The van der Waals surface area contributed by atoms with E-state index in [2.05, 4.69) is 10.3 Å². The fourth-order valence-electron chi connectivity index (χ4n) is 1.50. The van der Waals surface area contributed by atoms with Crippen molar-refractivity contribution in [2.45, 2.75) is 6.54 Å². The molecule has 1 heterocycles. The average Bonchev–Trinajstić information content (AvgIpc) is 2.36. The second kappa shape index (κ2) is 5.55. The summed E-state index contributed by atoms with van der Waals surface area (Å²) in [5.41, 5.74) is 0.767. The van der Waals surface area contributed by atoms with Crippen LogP contribution in [0.5, 0.6) is 11.6 Å². The monoisotopic (exact) mass is 250 g/mol. The summed E-state index contributed by atoms with van der Waals surface area (Å²) >= 11 is 0. The van der Waals surface area contributed by atoms with Crippen LogP contribution in [-0.4, -0.2) is 12.0 Å². The smallest absolute Gasteiger partial charge is 0.223 e. The summed E-state index contributed by atoms with van der Waals surface area (Å²) in [6.45, 7) is 0.528. The van der Waals surface area contributed by atoms with Crippen LogP contribution in [0.25, 0.3) is 0 Å². The summed E-state index contributed by atoms with van der Waals surface area (Å²) in [5, 5.41) is 2.95. The number of pyridine rings is 1. The van der Waals surface area contributed by atoms with E-state index in [-0.39, 0.29) is 11.6 Å². The summed E-state index contributed by atoms with van der Waals surface area (Å²) < 4.78 is 31.8. The van der Waals surface area contributed by atoms with E-state index in [0.717, 1.165) is 23.8 Å². The predicted octanol–water partition coefficient (Wildman–Crippen LogP) is 2.87. The minimum atomic E-state index is -0.627. The molecule has 0 radical (unpaired) electrons. The van der Waals surface area contributed by atoms with Crippen molar-refractivity contribution in [1.82, 2.24) is 10.3 Å². The fourth-order valence-corrected chi connectivity index (χ4v) is 1.50. The third kappa shape index (κ3) is 2.81. The van der Waals surface area contributed by atoms with E-state index >= 15 is 0 Å². The molecule has 5 heteroatoms. The Morgan fingerprint density at radius 3 is 2.89 bits per heavy atom. The number of halogens is 2. The van der Waals surface area contributed by atoms with E-state index in [1.807, 2.05) is 0 Å². The molecule has 94 valence electrons. The zero-order valence-corrected chi connectivity index (χ0v) is 9.78. The summed E-state index contributed by atoms with van der Waals surface area (Å²) in [5.74, 6) is -1.10. The third-order valence-electron chi connectivity index (χ3n) is 2.32. The van der Waals surface area contributed by atoms with Gasteiger partial charge in [-0.15, -0.1) is 0 Å². The first-order chi connectivity index (χ1) is 8.70. The van der Waals surface area contributed by atoms with Crippen LogP contribution >= 0.6 is 0 Å². The molecule has 0 saturated carbocycles. The molecule has 1 aromatic carbocycles. The van der Waals surface area contributed by atoms with Crippen molar-refractivity contribution in [2.24, 2.45) is 0 Å². The van der Waals surface area contributed by atoms with Crippen LogP contribution in [0.3, 0.4) is 0 Å². The van der Waals surface area contributed by atoms with Gasteiger partial charge in [0.05, 0.1) is 0 Å². The molecular weight excluding hydrogens is 238 g/mol. The Morgan fingerprint density at radius 2 is 2.11 bits per heavy atom. The van der Waals surface area contributed by atoms with Gasteiger partial charge in [0, 0.05) is 24.4 Å². The van der Waals surface area contributed by atoms with Crippen molar-refractivity contribution >= 4 is 0 Å². The molecule has 2 rings (SSSR count). The number of rotatable bonds is 4. The number of aromatic nitrogens is 1. The predicted molar refractivity (Wildman–Crippen MR) is 63.4 cm³/mol. The molecule has 0 atom stereocenters. The van der Waals surface area contributed by atoms with Crippen molar-refractivity contribution < 1.29 is 13.5 Å². The maximum absolute atomic E-state index is 13.4. The van der Waals surface area contributed by atoms with Crippen molar-refractivity contribution in [3.63, 3.8) is 0 Å². The van der Waals surface area contributed by atoms with Gasteiger partial charge in [0.2, 0.25) is 5.88 Å². The number of hydrogen-bond donors (Lipinski definition) is 1. The van der Waals surface area contributed by atoms with Crippen LogP contribution in [0.15, 0.2) is 36.5 Å². The van der Waals surface area contributed by atoms with E-state index in [4.69, 9.17) is 4.74 Å². The first-order valence-corrected chi connectivity index (χ1v) is 5.42. The van der Waals surface area contributed by atoms with Crippen LogP contribution in [0.1, 0.15) is 5.56 Å². The Hall–Kier alpha value is -2.01. The molecule has 0 aliphatic heterocycles. The molecule has 0 saturated heterocycles. The van der Waals surface area contributed by atoms with Crippen molar-refractivity contribution in [2.75, 3.05) is 7.05 Å². The summed E-state index contributed by atoms with van der Waals surface area (Å²) in [4.78, 5) is 4.01.